The molecule has 5 nitrogen and oxygen atoms in total. The Morgan fingerprint density at radius 3 is 2.39 bits per heavy atom. The number of halogens is 1. The zero-order valence-electron chi connectivity index (χ0n) is 17.5. The van der Waals surface area contributed by atoms with E-state index >= 15 is 0 Å². The summed E-state index contributed by atoms with van der Waals surface area (Å²) in [5.74, 6) is 1.38. The molecule has 0 saturated carbocycles. The highest BCUT2D eigenvalue weighted by Crippen LogP contribution is 2.31. The maximum Gasteiger partial charge on any atom is 0.185 e. The van der Waals surface area contributed by atoms with Crippen LogP contribution in [-0.2, 0) is 6.54 Å². The van der Waals surface area contributed by atoms with Crippen molar-refractivity contribution >= 4 is 39.9 Å². The van der Waals surface area contributed by atoms with Crippen LogP contribution in [0.2, 0.25) is 5.02 Å². The van der Waals surface area contributed by atoms with Crippen molar-refractivity contribution in [3.63, 3.8) is 0 Å². The topological polar surface area (TPSA) is 46.4 Å². The fraction of sp³-hybridized carbons (Fsp3) is 0.167. The number of amidine groups is 1. The van der Waals surface area contributed by atoms with Crippen LogP contribution in [0.25, 0.3) is 0 Å². The lowest BCUT2D eigenvalue weighted by Gasteiger charge is -2.20. The normalized spacial score (nSPS) is 13.1. The predicted molar refractivity (Wildman–Crippen MR) is 129 cm³/mol. The van der Waals surface area contributed by atoms with Crippen molar-refractivity contribution < 1.29 is 9.47 Å². The Morgan fingerprint density at radius 1 is 0.935 bits per heavy atom. The van der Waals surface area contributed by atoms with E-state index in [1.54, 1.807) is 26.0 Å². The number of methoxy groups -OCH3 is 2. The predicted octanol–water partition coefficient (Wildman–Crippen LogP) is 5.98. The molecule has 0 aromatic heterocycles. The van der Waals surface area contributed by atoms with Crippen LogP contribution in [0.1, 0.15) is 16.7 Å². The molecule has 0 amide bonds. The number of fused-ring (bicyclic) bond motifs is 1. The van der Waals surface area contributed by atoms with Gasteiger partial charge in [-0.1, -0.05) is 59.8 Å². The van der Waals surface area contributed by atoms with Gasteiger partial charge in [-0.05, 0) is 42.2 Å². The summed E-state index contributed by atoms with van der Waals surface area (Å²) in [6, 6.07) is 21.6. The summed E-state index contributed by atoms with van der Waals surface area (Å²) < 4.78 is 10.8. The molecule has 158 valence electrons. The minimum Gasteiger partial charge on any atom is -0.493 e. The SMILES string of the molecule is COc1ccc(CN2N=C(c3ccc(Cl)cc3)c3ccccc3N=C2SC)cc1OC. The van der Waals surface area contributed by atoms with Gasteiger partial charge in [-0.3, -0.25) is 0 Å². The molecule has 3 aromatic rings. The number of thioether (sulfide) groups is 1. The number of aliphatic imine (C=N–C) groups is 1. The first kappa shape index (κ1) is 21.3. The van der Waals surface area contributed by atoms with Crippen molar-refractivity contribution in [2.45, 2.75) is 6.54 Å². The third-order valence-electron chi connectivity index (χ3n) is 4.90. The number of hydrazone groups is 1. The van der Waals surface area contributed by atoms with Crippen LogP contribution >= 0.6 is 23.4 Å². The molecule has 7 heteroatoms. The summed E-state index contributed by atoms with van der Waals surface area (Å²) in [6.45, 7) is 0.533. The number of benzene rings is 3. The van der Waals surface area contributed by atoms with Crippen LogP contribution < -0.4 is 9.47 Å². The molecule has 0 bridgehead atoms. The quantitative estimate of drug-likeness (QED) is 0.479. The molecule has 1 aliphatic heterocycles. The Bertz CT molecular complexity index is 1150. The van der Waals surface area contributed by atoms with Gasteiger partial charge in [0.05, 0.1) is 26.5 Å². The van der Waals surface area contributed by atoms with E-state index in [1.807, 2.05) is 78.0 Å². The van der Waals surface area contributed by atoms with Crippen LogP contribution in [0, 0.1) is 0 Å². The van der Waals surface area contributed by atoms with E-state index < -0.39 is 0 Å². The molecule has 0 spiro atoms. The molecule has 1 aliphatic rings. The van der Waals surface area contributed by atoms with Crippen molar-refractivity contribution in [3.05, 3.63) is 88.4 Å². The zero-order chi connectivity index (χ0) is 21.8. The Kier molecular flexibility index (Phi) is 6.49. The molecule has 1 heterocycles. The van der Waals surface area contributed by atoms with E-state index in [9.17, 15) is 0 Å². The lowest BCUT2D eigenvalue weighted by Crippen LogP contribution is -2.24. The fourth-order valence-electron chi connectivity index (χ4n) is 3.38. The number of nitrogens with zero attached hydrogens (tertiary/aromatic N) is 3. The minimum atomic E-state index is 0.533. The molecular weight excluding hydrogens is 430 g/mol. The van der Waals surface area contributed by atoms with Crippen molar-refractivity contribution in [1.29, 1.82) is 0 Å². The molecule has 4 rings (SSSR count). The van der Waals surface area contributed by atoms with Gasteiger partial charge in [0.15, 0.2) is 16.7 Å². The first-order valence-corrected chi connectivity index (χ1v) is 11.3. The fourth-order valence-corrected chi connectivity index (χ4v) is 4.01. The summed E-state index contributed by atoms with van der Waals surface area (Å²) in [7, 11) is 3.26. The van der Waals surface area contributed by atoms with Gasteiger partial charge in [0.2, 0.25) is 0 Å². The maximum absolute atomic E-state index is 6.12. The molecule has 3 aromatic carbocycles. The molecule has 0 fully saturated rings. The van der Waals surface area contributed by atoms with Gasteiger partial charge in [-0.15, -0.1) is 0 Å². The first-order chi connectivity index (χ1) is 15.1. The second kappa shape index (κ2) is 9.45. The third kappa shape index (κ3) is 4.55. The number of ether oxygens (including phenoxy) is 2. The van der Waals surface area contributed by atoms with Gasteiger partial charge in [0.1, 0.15) is 5.71 Å². The number of para-hydroxylation sites is 1. The van der Waals surface area contributed by atoms with Crippen molar-refractivity contribution in [2.24, 2.45) is 10.1 Å². The Labute approximate surface area is 191 Å². The second-order valence-corrected chi connectivity index (χ2v) is 8.03. The van der Waals surface area contributed by atoms with Crippen LogP contribution in [0.4, 0.5) is 5.69 Å². The zero-order valence-corrected chi connectivity index (χ0v) is 19.1. The van der Waals surface area contributed by atoms with E-state index in [4.69, 9.17) is 31.2 Å². The standard InChI is InChI=1S/C24H22ClN3O2S/c1-29-21-13-8-16(14-22(21)30-2)15-28-24(31-3)26-20-7-5-4-6-19(20)23(27-28)17-9-11-18(25)12-10-17/h4-14H,15H2,1-3H3. The van der Waals surface area contributed by atoms with E-state index in [1.165, 1.54) is 0 Å². The Balaban J connectivity index is 1.80. The van der Waals surface area contributed by atoms with Gasteiger partial charge < -0.3 is 9.47 Å². The summed E-state index contributed by atoms with van der Waals surface area (Å²) in [5, 5.41) is 8.47. The molecule has 0 saturated heterocycles. The van der Waals surface area contributed by atoms with Crippen LogP contribution in [0.5, 0.6) is 11.5 Å². The first-order valence-electron chi connectivity index (χ1n) is 9.68. The molecular formula is C24H22ClN3O2S. The second-order valence-electron chi connectivity index (χ2n) is 6.82. The lowest BCUT2D eigenvalue weighted by molar-refractivity contribution is 0.353. The van der Waals surface area contributed by atoms with Gasteiger partial charge in [-0.25, -0.2) is 10.0 Å². The van der Waals surface area contributed by atoms with E-state index in [-0.39, 0.29) is 0 Å². The average molecular weight is 452 g/mol. The summed E-state index contributed by atoms with van der Waals surface area (Å²) in [5.41, 5.74) is 4.72. The Hall–Kier alpha value is -2.96. The molecule has 0 aliphatic carbocycles. The molecule has 31 heavy (non-hydrogen) atoms. The van der Waals surface area contributed by atoms with E-state index in [0.717, 1.165) is 33.3 Å². The van der Waals surface area contributed by atoms with Crippen LogP contribution in [-0.4, -0.2) is 36.4 Å². The van der Waals surface area contributed by atoms with Gasteiger partial charge in [0, 0.05) is 16.1 Å². The van der Waals surface area contributed by atoms with Crippen molar-refractivity contribution in [3.8, 4) is 11.5 Å². The highest BCUT2D eigenvalue weighted by molar-refractivity contribution is 8.13. The van der Waals surface area contributed by atoms with E-state index in [2.05, 4.69) is 0 Å². The third-order valence-corrected chi connectivity index (χ3v) is 5.82. The molecule has 0 N–H and O–H groups in total. The lowest BCUT2D eigenvalue weighted by atomic mass is 10.0. The van der Waals surface area contributed by atoms with Gasteiger partial charge in [-0.2, -0.15) is 5.10 Å². The van der Waals surface area contributed by atoms with Crippen molar-refractivity contribution in [1.82, 2.24) is 5.01 Å². The Morgan fingerprint density at radius 2 is 1.68 bits per heavy atom. The number of hydrogen-bond acceptors (Lipinski definition) is 6. The van der Waals surface area contributed by atoms with Crippen LogP contribution in [0.3, 0.4) is 0 Å². The van der Waals surface area contributed by atoms with Crippen LogP contribution in [0.15, 0.2) is 76.8 Å². The molecule has 0 atom stereocenters. The van der Waals surface area contributed by atoms with E-state index in [0.29, 0.717) is 23.1 Å². The highest BCUT2D eigenvalue weighted by Gasteiger charge is 2.21. The smallest absolute Gasteiger partial charge is 0.185 e. The maximum atomic E-state index is 6.12. The van der Waals surface area contributed by atoms with Gasteiger partial charge in [0.25, 0.3) is 0 Å². The monoisotopic (exact) mass is 451 g/mol. The summed E-state index contributed by atoms with van der Waals surface area (Å²) >= 11 is 7.68. The summed E-state index contributed by atoms with van der Waals surface area (Å²) in [4.78, 5) is 4.91. The minimum absolute atomic E-state index is 0.533. The summed E-state index contributed by atoms with van der Waals surface area (Å²) in [6.07, 6.45) is 2.01. The number of hydrogen-bond donors (Lipinski definition) is 0. The highest BCUT2D eigenvalue weighted by atomic mass is 35.5. The largest absolute Gasteiger partial charge is 0.493 e. The molecule has 0 radical (unpaired) electrons. The van der Waals surface area contributed by atoms with Crippen molar-refractivity contribution in [2.75, 3.05) is 20.5 Å². The van der Waals surface area contributed by atoms with Gasteiger partial charge >= 0.3 is 0 Å². The average Bonchev–Trinajstić information content (AvgIpc) is 2.96. The number of rotatable bonds is 5. The molecule has 0 unspecified atom stereocenters.